The summed E-state index contributed by atoms with van der Waals surface area (Å²) in [5, 5.41) is 0. The molecule has 0 saturated heterocycles. The summed E-state index contributed by atoms with van der Waals surface area (Å²) in [7, 11) is 8.65. The molecule has 0 aromatic rings. The highest BCUT2D eigenvalue weighted by molar-refractivity contribution is 8.76. The van der Waals surface area contributed by atoms with E-state index >= 15 is 0 Å². The third kappa shape index (κ3) is 7.81. The van der Waals surface area contributed by atoms with Crippen molar-refractivity contribution in [3.8, 4) is 0 Å². The zero-order chi connectivity index (χ0) is 16.2. The fourth-order valence-corrected chi connectivity index (χ4v) is 8.48. The number of rotatable bonds is 14. The van der Waals surface area contributed by atoms with E-state index < -0.39 is 17.6 Å². The van der Waals surface area contributed by atoms with Crippen molar-refractivity contribution in [2.75, 3.05) is 54.2 Å². The van der Waals surface area contributed by atoms with E-state index in [2.05, 4.69) is 0 Å². The highest BCUT2D eigenvalue weighted by atomic mass is 33.1. The molecular formula is C11H28O6S2Si2. The molecule has 0 spiro atoms. The highest BCUT2D eigenvalue weighted by Crippen LogP contribution is 2.28. The molecule has 0 aromatic carbocycles. The minimum atomic E-state index is -2.42. The molecule has 0 N–H and O–H groups in total. The van der Waals surface area contributed by atoms with Crippen LogP contribution in [-0.2, 0) is 26.6 Å². The maximum Gasteiger partial charge on any atom is 0.501 e. The summed E-state index contributed by atoms with van der Waals surface area (Å²) in [5.74, 6) is 1.96. The lowest BCUT2D eigenvalue weighted by molar-refractivity contribution is 0.123. The van der Waals surface area contributed by atoms with Gasteiger partial charge in [0.05, 0.1) is 0 Å². The zero-order valence-electron chi connectivity index (χ0n) is 13.8. The van der Waals surface area contributed by atoms with Gasteiger partial charge in [0.25, 0.3) is 0 Å². The van der Waals surface area contributed by atoms with Gasteiger partial charge in [-0.2, -0.15) is 0 Å². The standard InChI is InChI=1S/C11H28O6S2Si2/c1-12-20(13-2,14-3)10-7-8-18-19-9-11-21(15-4,16-5)17-6/h7-11H2,1-6H3. The highest BCUT2D eigenvalue weighted by Gasteiger charge is 2.38. The average Bonchev–Trinajstić information content (AvgIpc) is 2.55. The summed E-state index contributed by atoms with van der Waals surface area (Å²) in [6.45, 7) is 0. The summed E-state index contributed by atoms with van der Waals surface area (Å²) in [6, 6.07) is 1.64. The van der Waals surface area contributed by atoms with Crippen LogP contribution in [0.5, 0.6) is 0 Å². The topological polar surface area (TPSA) is 55.4 Å². The Hall–Kier alpha value is 0.894. The Morgan fingerprint density at radius 3 is 1.38 bits per heavy atom. The molecule has 128 valence electrons. The van der Waals surface area contributed by atoms with E-state index in [4.69, 9.17) is 26.6 Å². The average molecular weight is 377 g/mol. The lowest BCUT2D eigenvalue weighted by atomic mass is 10.6. The smallest absolute Gasteiger partial charge is 0.377 e. The van der Waals surface area contributed by atoms with Gasteiger partial charge in [0.2, 0.25) is 0 Å². The maximum absolute atomic E-state index is 5.39. The normalized spacial score (nSPS) is 12.9. The fourth-order valence-electron chi connectivity index (χ4n) is 1.74. The van der Waals surface area contributed by atoms with Crippen molar-refractivity contribution in [3.63, 3.8) is 0 Å². The molecule has 0 aromatic heterocycles. The second-order valence-electron chi connectivity index (χ2n) is 4.09. The van der Waals surface area contributed by atoms with Gasteiger partial charge < -0.3 is 26.6 Å². The SMILES string of the molecule is CO[Si](CCCSSCC[Si](OC)(OC)OC)(OC)OC. The van der Waals surface area contributed by atoms with Gasteiger partial charge in [-0.3, -0.25) is 0 Å². The summed E-state index contributed by atoms with van der Waals surface area (Å²) in [4.78, 5) is 0. The van der Waals surface area contributed by atoms with Crippen LogP contribution in [-0.4, -0.2) is 71.8 Å². The van der Waals surface area contributed by atoms with Crippen LogP contribution in [0.4, 0.5) is 0 Å². The van der Waals surface area contributed by atoms with Crippen LogP contribution in [0.3, 0.4) is 0 Å². The molecule has 10 heteroatoms. The summed E-state index contributed by atoms with van der Waals surface area (Å²) in [5.41, 5.74) is 0. The molecule has 21 heavy (non-hydrogen) atoms. The molecule has 0 amide bonds. The summed E-state index contributed by atoms with van der Waals surface area (Å²) in [6.07, 6.45) is 1.00. The van der Waals surface area contributed by atoms with Crippen molar-refractivity contribution in [2.24, 2.45) is 0 Å². The lowest BCUT2D eigenvalue weighted by Gasteiger charge is -2.24. The third-order valence-corrected chi connectivity index (χ3v) is 11.6. The molecule has 0 rings (SSSR count). The fraction of sp³-hybridized carbons (Fsp3) is 1.00. The maximum atomic E-state index is 5.39. The van der Waals surface area contributed by atoms with Crippen LogP contribution in [0.2, 0.25) is 12.1 Å². The van der Waals surface area contributed by atoms with Gasteiger partial charge in [-0.15, -0.1) is 0 Å². The monoisotopic (exact) mass is 376 g/mol. The van der Waals surface area contributed by atoms with E-state index in [0.29, 0.717) is 0 Å². The van der Waals surface area contributed by atoms with Crippen molar-refractivity contribution >= 4 is 39.2 Å². The van der Waals surface area contributed by atoms with Crippen LogP contribution in [0.15, 0.2) is 0 Å². The summed E-state index contributed by atoms with van der Waals surface area (Å²) >= 11 is 0. The van der Waals surface area contributed by atoms with Gasteiger partial charge in [0.15, 0.2) is 0 Å². The Morgan fingerprint density at radius 2 is 0.952 bits per heavy atom. The molecule has 0 saturated carbocycles. The third-order valence-electron chi connectivity index (χ3n) is 3.15. The van der Waals surface area contributed by atoms with Crippen LogP contribution in [0.1, 0.15) is 6.42 Å². The lowest BCUT2D eigenvalue weighted by Crippen LogP contribution is -2.43. The second-order valence-corrected chi connectivity index (χ2v) is 13.0. The van der Waals surface area contributed by atoms with E-state index in [-0.39, 0.29) is 0 Å². The van der Waals surface area contributed by atoms with E-state index in [0.717, 1.165) is 30.0 Å². The van der Waals surface area contributed by atoms with E-state index in [1.165, 1.54) is 0 Å². The van der Waals surface area contributed by atoms with Crippen molar-refractivity contribution in [3.05, 3.63) is 0 Å². The molecule has 0 atom stereocenters. The molecule has 6 nitrogen and oxygen atoms in total. The van der Waals surface area contributed by atoms with Crippen LogP contribution < -0.4 is 0 Å². The van der Waals surface area contributed by atoms with Gasteiger partial charge in [-0.25, -0.2) is 0 Å². The van der Waals surface area contributed by atoms with Crippen molar-refractivity contribution < 1.29 is 26.6 Å². The first-order valence-corrected chi connectivity index (χ1v) is 13.0. The van der Waals surface area contributed by atoms with Crippen LogP contribution in [0, 0.1) is 0 Å². The van der Waals surface area contributed by atoms with E-state index in [1.54, 1.807) is 53.5 Å². The molecular weight excluding hydrogens is 348 g/mol. The molecule has 0 radical (unpaired) electrons. The first kappa shape index (κ1) is 21.9. The van der Waals surface area contributed by atoms with Crippen molar-refractivity contribution in [1.29, 1.82) is 0 Å². The van der Waals surface area contributed by atoms with Gasteiger partial charge >= 0.3 is 17.6 Å². The molecule has 0 fully saturated rings. The number of hydrogen-bond acceptors (Lipinski definition) is 8. The summed E-state index contributed by atoms with van der Waals surface area (Å²) < 4.78 is 32.3. The Kier molecular flexibility index (Phi) is 12.9. The first-order chi connectivity index (χ1) is 10.1. The predicted molar refractivity (Wildman–Crippen MR) is 92.7 cm³/mol. The molecule has 0 heterocycles. The Balaban J connectivity index is 3.78. The minimum absolute atomic E-state index is 0.807. The second kappa shape index (κ2) is 12.3. The predicted octanol–water partition coefficient (Wildman–Crippen LogP) is 2.51. The zero-order valence-corrected chi connectivity index (χ0v) is 17.4. The largest absolute Gasteiger partial charge is 0.501 e. The quantitative estimate of drug-likeness (QED) is 0.260. The molecule has 0 bridgehead atoms. The Labute approximate surface area is 138 Å². The van der Waals surface area contributed by atoms with Crippen molar-refractivity contribution in [2.45, 2.75) is 18.5 Å². The van der Waals surface area contributed by atoms with Crippen molar-refractivity contribution in [1.82, 2.24) is 0 Å². The Morgan fingerprint density at radius 1 is 0.571 bits per heavy atom. The Bertz CT molecular complexity index is 214. The molecule has 0 aliphatic rings. The van der Waals surface area contributed by atoms with E-state index in [1.807, 2.05) is 10.8 Å². The molecule has 0 aliphatic heterocycles. The van der Waals surface area contributed by atoms with E-state index in [9.17, 15) is 0 Å². The first-order valence-electron chi connectivity index (χ1n) is 6.63. The van der Waals surface area contributed by atoms with Gasteiger partial charge in [-0.05, 0) is 6.42 Å². The van der Waals surface area contributed by atoms with Gasteiger partial charge in [-0.1, -0.05) is 21.6 Å². The van der Waals surface area contributed by atoms with Crippen LogP contribution >= 0.6 is 21.6 Å². The molecule has 0 aliphatic carbocycles. The van der Waals surface area contributed by atoms with Crippen LogP contribution in [0.25, 0.3) is 0 Å². The number of hydrogen-bond donors (Lipinski definition) is 0. The minimum Gasteiger partial charge on any atom is -0.377 e. The van der Waals surface area contributed by atoms with Gasteiger partial charge in [0.1, 0.15) is 0 Å². The van der Waals surface area contributed by atoms with Gasteiger partial charge in [0, 0.05) is 66.3 Å². The molecule has 0 unspecified atom stereocenters.